The van der Waals surface area contributed by atoms with Crippen LogP contribution in [0.4, 0.5) is 0 Å². The van der Waals surface area contributed by atoms with Crippen molar-refractivity contribution < 1.29 is 32.0 Å². The van der Waals surface area contributed by atoms with Gasteiger partial charge in [0.2, 0.25) is 15.9 Å². The number of amides is 2. The van der Waals surface area contributed by atoms with E-state index in [1.165, 1.54) is 15.4 Å². The van der Waals surface area contributed by atoms with Crippen LogP contribution < -0.4 is 10.1 Å². The highest BCUT2D eigenvalue weighted by molar-refractivity contribution is 7.88. The predicted molar refractivity (Wildman–Crippen MR) is 149 cm³/mol. The lowest BCUT2D eigenvalue weighted by Crippen LogP contribution is -2.62. The third-order valence-corrected chi connectivity index (χ3v) is 10.2. The molecule has 3 aliphatic rings. The maximum absolute atomic E-state index is 14.2. The molecule has 2 saturated heterocycles. The van der Waals surface area contributed by atoms with Crippen molar-refractivity contribution in [1.82, 2.24) is 19.5 Å². The SMILES string of the molecule is COc1ccc2oc(C(=O)NC3(C(=O)N4CCC5C4C(=O)CN5S(=O)(=O)Cc4ccccn4)CCCCC3)cc2c1. The van der Waals surface area contributed by atoms with Crippen molar-refractivity contribution in [2.75, 3.05) is 20.2 Å². The lowest BCUT2D eigenvalue weighted by Gasteiger charge is -2.40. The summed E-state index contributed by atoms with van der Waals surface area (Å²) in [6.07, 6.45) is 5.14. The van der Waals surface area contributed by atoms with Crippen LogP contribution in [0.1, 0.15) is 54.8 Å². The molecule has 6 rings (SSSR count). The molecule has 12 heteroatoms. The standard InChI is InChI=1S/C29H32N4O7S/c1-39-21-8-9-24-19(15-21)16-25(40-24)27(35)31-29(11-4-2-5-12-29)28(36)32-14-10-22-26(32)23(34)17-33(22)41(37,38)18-20-7-3-6-13-30-20/h3,6-9,13,15-16,22,26H,2,4-5,10-12,14,17-18H2,1H3,(H,31,35). The summed E-state index contributed by atoms with van der Waals surface area (Å²) in [6.45, 7) is -0.0480. The molecule has 4 heterocycles. The summed E-state index contributed by atoms with van der Waals surface area (Å²) < 4.78 is 38.9. The molecule has 3 fully saturated rings. The van der Waals surface area contributed by atoms with Crippen LogP contribution in [0.15, 0.2) is 53.1 Å². The number of rotatable bonds is 7. The zero-order valence-corrected chi connectivity index (χ0v) is 23.6. The fourth-order valence-electron chi connectivity index (χ4n) is 6.48. The van der Waals surface area contributed by atoms with E-state index in [9.17, 15) is 22.8 Å². The normalized spacial score (nSPS) is 22.6. The number of benzene rings is 1. The number of nitrogens with zero attached hydrogens (tertiary/aromatic N) is 3. The highest BCUT2D eigenvalue weighted by atomic mass is 32.2. The van der Waals surface area contributed by atoms with Crippen LogP contribution in [0.3, 0.4) is 0 Å². The molecule has 1 saturated carbocycles. The van der Waals surface area contributed by atoms with Gasteiger partial charge in [-0.05, 0) is 55.7 Å². The molecule has 216 valence electrons. The Balaban J connectivity index is 1.23. The van der Waals surface area contributed by atoms with Crippen molar-refractivity contribution in [2.45, 2.75) is 61.9 Å². The van der Waals surface area contributed by atoms with Crippen LogP contribution in [0.25, 0.3) is 11.0 Å². The molecule has 3 aromatic rings. The molecule has 0 radical (unpaired) electrons. The van der Waals surface area contributed by atoms with E-state index in [2.05, 4.69) is 10.3 Å². The third kappa shape index (κ3) is 4.99. The average Bonchev–Trinajstić information content (AvgIpc) is 3.68. The minimum Gasteiger partial charge on any atom is -0.497 e. The molecule has 1 N–H and O–H groups in total. The quantitative estimate of drug-likeness (QED) is 0.450. The van der Waals surface area contributed by atoms with E-state index in [-0.39, 0.29) is 36.3 Å². The van der Waals surface area contributed by atoms with Crippen LogP contribution >= 0.6 is 0 Å². The first kappa shape index (κ1) is 27.4. The first-order valence-corrected chi connectivity index (χ1v) is 15.4. The first-order chi connectivity index (χ1) is 19.7. The smallest absolute Gasteiger partial charge is 0.287 e. The first-order valence-electron chi connectivity index (χ1n) is 13.8. The predicted octanol–water partition coefficient (Wildman–Crippen LogP) is 2.65. The van der Waals surface area contributed by atoms with Gasteiger partial charge in [-0.2, -0.15) is 4.31 Å². The number of furan rings is 1. The van der Waals surface area contributed by atoms with E-state index in [4.69, 9.17) is 9.15 Å². The molecule has 41 heavy (non-hydrogen) atoms. The molecular formula is C29H32N4O7S. The van der Waals surface area contributed by atoms with Gasteiger partial charge in [0.05, 0.1) is 25.4 Å². The third-order valence-electron chi connectivity index (χ3n) is 8.47. The fraction of sp³-hybridized carbons (Fsp3) is 0.448. The van der Waals surface area contributed by atoms with Gasteiger partial charge in [-0.25, -0.2) is 8.42 Å². The number of nitrogens with one attached hydrogen (secondary N) is 1. The number of Topliss-reactive ketones (excluding diaryl/α,β-unsaturated/α-hetero) is 1. The maximum atomic E-state index is 14.2. The Bertz CT molecular complexity index is 1600. The van der Waals surface area contributed by atoms with E-state index < -0.39 is 33.6 Å². The molecule has 1 aromatic carbocycles. The van der Waals surface area contributed by atoms with Gasteiger partial charge in [-0.15, -0.1) is 0 Å². The van der Waals surface area contributed by atoms with Crippen LogP contribution in [0.2, 0.25) is 0 Å². The number of methoxy groups -OCH3 is 1. The van der Waals surface area contributed by atoms with Crippen LogP contribution in [-0.4, -0.2) is 78.0 Å². The lowest BCUT2D eigenvalue weighted by molar-refractivity contribution is -0.143. The average molecular weight is 581 g/mol. The Morgan fingerprint density at radius 1 is 1.15 bits per heavy atom. The van der Waals surface area contributed by atoms with E-state index in [1.54, 1.807) is 49.6 Å². The number of fused-ring (bicyclic) bond motifs is 2. The Hall–Kier alpha value is -3.77. The van der Waals surface area contributed by atoms with Gasteiger partial charge in [0, 0.05) is 18.1 Å². The molecule has 1 aliphatic carbocycles. The number of ether oxygens (including phenoxy) is 1. The molecule has 11 nitrogen and oxygen atoms in total. The second-order valence-corrected chi connectivity index (χ2v) is 12.9. The summed E-state index contributed by atoms with van der Waals surface area (Å²) in [5, 5.41) is 3.68. The largest absolute Gasteiger partial charge is 0.497 e. The number of aromatic nitrogens is 1. The number of sulfonamides is 1. The summed E-state index contributed by atoms with van der Waals surface area (Å²) in [7, 11) is -2.29. The highest BCUT2D eigenvalue weighted by Gasteiger charge is 2.56. The summed E-state index contributed by atoms with van der Waals surface area (Å²) in [5.74, 6) is -0.772. The van der Waals surface area contributed by atoms with Crippen molar-refractivity contribution in [1.29, 1.82) is 0 Å². The van der Waals surface area contributed by atoms with E-state index in [0.717, 1.165) is 19.3 Å². The second kappa shape index (κ2) is 10.6. The Morgan fingerprint density at radius 3 is 2.68 bits per heavy atom. The zero-order chi connectivity index (χ0) is 28.8. The molecule has 0 bridgehead atoms. The molecular weight excluding hydrogens is 548 g/mol. The van der Waals surface area contributed by atoms with Gasteiger partial charge in [0.15, 0.2) is 11.5 Å². The van der Waals surface area contributed by atoms with Crippen molar-refractivity contribution >= 4 is 38.6 Å². The summed E-state index contributed by atoms with van der Waals surface area (Å²) >= 11 is 0. The van der Waals surface area contributed by atoms with Crippen LogP contribution in [0.5, 0.6) is 5.75 Å². The molecule has 2 amide bonds. The number of hydrogen-bond acceptors (Lipinski definition) is 8. The van der Waals surface area contributed by atoms with Crippen LogP contribution in [0, 0.1) is 0 Å². The van der Waals surface area contributed by atoms with Crippen molar-refractivity contribution in [3.8, 4) is 5.75 Å². The second-order valence-electron chi connectivity index (χ2n) is 11.0. The monoisotopic (exact) mass is 580 g/mol. The van der Waals surface area contributed by atoms with E-state index >= 15 is 0 Å². The van der Waals surface area contributed by atoms with Gasteiger partial charge in [0.1, 0.15) is 28.7 Å². The molecule has 2 unspecified atom stereocenters. The summed E-state index contributed by atoms with van der Waals surface area (Å²) in [4.78, 5) is 46.5. The number of pyridine rings is 1. The zero-order valence-electron chi connectivity index (χ0n) is 22.7. The summed E-state index contributed by atoms with van der Waals surface area (Å²) in [5.41, 5.74) is -0.297. The topological polar surface area (TPSA) is 139 Å². The molecule has 0 spiro atoms. The van der Waals surface area contributed by atoms with E-state index in [0.29, 0.717) is 41.7 Å². The van der Waals surface area contributed by atoms with Crippen molar-refractivity contribution in [3.05, 3.63) is 60.1 Å². The Labute approximate surface area is 237 Å². The number of hydrogen-bond donors (Lipinski definition) is 1. The van der Waals surface area contributed by atoms with Gasteiger partial charge in [-0.1, -0.05) is 25.3 Å². The van der Waals surface area contributed by atoms with Gasteiger partial charge < -0.3 is 19.4 Å². The molecule has 2 aromatic heterocycles. The highest BCUT2D eigenvalue weighted by Crippen LogP contribution is 2.38. The minimum atomic E-state index is -3.84. The Morgan fingerprint density at radius 2 is 1.95 bits per heavy atom. The van der Waals surface area contributed by atoms with Crippen molar-refractivity contribution in [2.24, 2.45) is 0 Å². The van der Waals surface area contributed by atoms with Crippen LogP contribution in [-0.2, 0) is 25.4 Å². The Kier molecular flexibility index (Phi) is 7.06. The van der Waals surface area contributed by atoms with Gasteiger partial charge in [-0.3, -0.25) is 19.4 Å². The van der Waals surface area contributed by atoms with Crippen molar-refractivity contribution in [3.63, 3.8) is 0 Å². The number of ketones is 1. The van der Waals surface area contributed by atoms with E-state index in [1.807, 2.05) is 0 Å². The molecule has 2 atom stereocenters. The molecule has 2 aliphatic heterocycles. The van der Waals surface area contributed by atoms with Gasteiger partial charge in [0.25, 0.3) is 5.91 Å². The number of carbonyl (C=O) groups excluding carboxylic acids is 3. The number of likely N-dealkylation sites (tertiary alicyclic amines) is 1. The summed E-state index contributed by atoms with van der Waals surface area (Å²) in [6, 6.07) is 10.4. The maximum Gasteiger partial charge on any atom is 0.287 e. The van der Waals surface area contributed by atoms with Gasteiger partial charge >= 0.3 is 0 Å². The minimum absolute atomic E-state index is 0.0778. The lowest BCUT2D eigenvalue weighted by atomic mass is 9.80. The number of carbonyl (C=O) groups is 3. The fourth-order valence-corrected chi connectivity index (χ4v) is 8.15.